The molecule has 1 aliphatic heterocycles. The van der Waals surface area contributed by atoms with Gasteiger partial charge in [-0.05, 0) is 23.8 Å². The van der Waals surface area contributed by atoms with Crippen LogP contribution in [-0.4, -0.2) is 43.1 Å². The Morgan fingerprint density at radius 3 is 2.62 bits per heavy atom. The molecule has 1 saturated heterocycles. The zero-order valence-corrected chi connectivity index (χ0v) is 16.0. The predicted molar refractivity (Wildman–Crippen MR) is 110 cm³/mol. The molecule has 0 aliphatic carbocycles. The zero-order chi connectivity index (χ0) is 20.4. The SMILES string of the molecule is COc1ccc2c(CN3CCN(c4cccc([N+](=O)[O-])c4)CC3)cc(=O)oc2c1. The number of hydrogen-bond donors (Lipinski definition) is 0. The van der Waals surface area contributed by atoms with Crippen molar-refractivity contribution in [3.05, 3.63) is 74.6 Å². The van der Waals surface area contributed by atoms with Gasteiger partial charge < -0.3 is 14.1 Å². The summed E-state index contributed by atoms with van der Waals surface area (Å²) in [5, 5.41) is 11.9. The lowest BCUT2D eigenvalue weighted by molar-refractivity contribution is -0.384. The van der Waals surface area contributed by atoms with Gasteiger partial charge in [-0.25, -0.2) is 4.79 Å². The van der Waals surface area contributed by atoms with Gasteiger partial charge in [-0.1, -0.05) is 6.07 Å². The summed E-state index contributed by atoms with van der Waals surface area (Å²) in [6, 6.07) is 13.7. The van der Waals surface area contributed by atoms with E-state index in [1.807, 2.05) is 18.2 Å². The van der Waals surface area contributed by atoms with Crippen LogP contribution in [0.5, 0.6) is 5.75 Å². The largest absolute Gasteiger partial charge is 0.497 e. The molecular formula is C21H21N3O5. The highest BCUT2D eigenvalue weighted by atomic mass is 16.6. The Morgan fingerprint density at radius 2 is 1.90 bits per heavy atom. The molecule has 1 fully saturated rings. The summed E-state index contributed by atoms with van der Waals surface area (Å²) in [4.78, 5) is 27.0. The van der Waals surface area contributed by atoms with E-state index in [-0.39, 0.29) is 16.2 Å². The first-order valence-electron chi connectivity index (χ1n) is 9.36. The van der Waals surface area contributed by atoms with Gasteiger partial charge in [0.2, 0.25) is 0 Å². The zero-order valence-electron chi connectivity index (χ0n) is 16.0. The summed E-state index contributed by atoms with van der Waals surface area (Å²) in [5.74, 6) is 0.642. The lowest BCUT2D eigenvalue weighted by atomic mass is 10.1. The standard InChI is InChI=1S/C21H21N3O5/c1-28-18-5-6-19-15(11-21(25)29-20(19)13-18)14-22-7-9-23(10-8-22)16-3-2-4-17(12-16)24(26)27/h2-6,11-13H,7-10,14H2,1H3. The molecule has 0 atom stereocenters. The topological polar surface area (TPSA) is 89.1 Å². The lowest BCUT2D eigenvalue weighted by Crippen LogP contribution is -2.46. The molecule has 0 unspecified atom stereocenters. The van der Waals surface area contributed by atoms with Gasteiger partial charge >= 0.3 is 5.63 Å². The fraction of sp³-hybridized carbons (Fsp3) is 0.286. The van der Waals surface area contributed by atoms with E-state index in [0.29, 0.717) is 17.9 Å². The molecule has 1 aliphatic rings. The first kappa shape index (κ1) is 18.9. The van der Waals surface area contributed by atoms with Crippen molar-refractivity contribution in [2.45, 2.75) is 6.54 Å². The fourth-order valence-corrected chi connectivity index (χ4v) is 3.68. The van der Waals surface area contributed by atoms with Crippen LogP contribution in [0, 0.1) is 10.1 Å². The van der Waals surface area contributed by atoms with Gasteiger partial charge in [0, 0.05) is 68.1 Å². The first-order chi connectivity index (χ1) is 14.0. The number of nitro benzene ring substituents is 1. The van der Waals surface area contributed by atoms with Crippen LogP contribution in [0.15, 0.2) is 57.7 Å². The Bertz CT molecular complexity index is 1100. The summed E-state index contributed by atoms with van der Waals surface area (Å²) >= 11 is 0. The van der Waals surface area contributed by atoms with Crippen molar-refractivity contribution in [1.29, 1.82) is 0 Å². The molecular weight excluding hydrogens is 374 g/mol. The van der Waals surface area contributed by atoms with Gasteiger partial charge in [0.15, 0.2) is 0 Å². The third kappa shape index (κ3) is 4.07. The fourth-order valence-electron chi connectivity index (χ4n) is 3.68. The molecule has 29 heavy (non-hydrogen) atoms. The summed E-state index contributed by atoms with van der Waals surface area (Å²) < 4.78 is 10.5. The van der Waals surface area contributed by atoms with Gasteiger partial charge in [-0.3, -0.25) is 15.0 Å². The number of piperazine rings is 1. The minimum atomic E-state index is -0.379. The number of hydrogen-bond acceptors (Lipinski definition) is 7. The van der Waals surface area contributed by atoms with Crippen LogP contribution in [-0.2, 0) is 6.54 Å². The second kappa shape index (κ2) is 7.92. The molecule has 0 N–H and O–H groups in total. The van der Waals surface area contributed by atoms with Gasteiger partial charge in [-0.15, -0.1) is 0 Å². The molecule has 0 amide bonds. The molecule has 0 radical (unpaired) electrons. The number of methoxy groups -OCH3 is 1. The molecule has 1 aromatic heterocycles. The summed E-state index contributed by atoms with van der Waals surface area (Å²) in [6.07, 6.45) is 0. The second-order valence-corrected chi connectivity index (χ2v) is 6.99. The van der Waals surface area contributed by atoms with Crippen molar-refractivity contribution in [1.82, 2.24) is 4.90 Å². The average molecular weight is 395 g/mol. The molecule has 8 nitrogen and oxygen atoms in total. The van der Waals surface area contributed by atoms with Crippen molar-refractivity contribution in [2.24, 2.45) is 0 Å². The van der Waals surface area contributed by atoms with Crippen LogP contribution in [0.25, 0.3) is 11.0 Å². The van der Waals surface area contributed by atoms with Crippen LogP contribution in [0.2, 0.25) is 0 Å². The Morgan fingerprint density at radius 1 is 1.10 bits per heavy atom. The van der Waals surface area contributed by atoms with Gasteiger partial charge in [0.1, 0.15) is 11.3 Å². The molecule has 0 spiro atoms. The number of nitro groups is 1. The lowest BCUT2D eigenvalue weighted by Gasteiger charge is -2.36. The number of anilines is 1. The van der Waals surface area contributed by atoms with E-state index in [0.717, 1.165) is 42.8 Å². The van der Waals surface area contributed by atoms with E-state index in [1.165, 1.54) is 6.07 Å². The van der Waals surface area contributed by atoms with E-state index in [4.69, 9.17) is 9.15 Å². The van der Waals surface area contributed by atoms with Crippen molar-refractivity contribution in [3.63, 3.8) is 0 Å². The molecule has 8 heteroatoms. The average Bonchev–Trinajstić information content (AvgIpc) is 2.73. The maximum absolute atomic E-state index is 12.0. The van der Waals surface area contributed by atoms with E-state index in [1.54, 1.807) is 31.4 Å². The maximum Gasteiger partial charge on any atom is 0.336 e. The minimum absolute atomic E-state index is 0.0999. The smallest absolute Gasteiger partial charge is 0.336 e. The van der Waals surface area contributed by atoms with Crippen LogP contribution in [0.1, 0.15) is 5.56 Å². The normalized spacial score (nSPS) is 14.9. The van der Waals surface area contributed by atoms with Crippen LogP contribution in [0.4, 0.5) is 11.4 Å². The van der Waals surface area contributed by atoms with E-state index < -0.39 is 0 Å². The van der Waals surface area contributed by atoms with E-state index in [2.05, 4.69) is 9.80 Å². The quantitative estimate of drug-likeness (QED) is 0.373. The highest BCUT2D eigenvalue weighted by Crippen LogP contribution is 2.25. The highest BCUT2D eigenvalue weighted by Gasteiger charge is 2.20. The molecule has 3 aromatic rings. The molecule has 0 bridgehead atoms. The van der Waals surface area contributed by atoms with E-state index in [9.17, 15) is 14.9 Å². The summed E-state index contributed by atoms with van der Waals surface area (Å²) in [7, 11) is 1.57. The van der Waals surface area contributed by atoms with Crippen molar-refractivity contribution < 1.29 is 14.1 Å². The second-order valence-electron chi connectivity index (χ2n) is 6.99. The number of nitrogens with zero attached hydrogens (tertiary/aromatic N) is 3. The summed E-state index contributed by atoms with van der Waals surface area (Å²) in [6.45, 7) is 3.74. The van der Waals surface area contributed by atoms with Crippen LogP contribution in [0.3, 0.4) is 0 Å². The Kier molecular flexibility index (Phi) is 5.18. The van der Waals surface area contributed by atoms with Crippen LogP contribution >= 0.6 is 0 Å². The number of ether oxygens (including phenoxy) is 1. The third-order valence-electron chi connectivity index (χ3n) is 5.21. The molecule has 2 aromatic carbocycles. The highest BCUT2D eigenvalue weighted by molar-refractivity contribution is 5.81. The molecule has 150 valence electrons. The Balaban J connectivity index is 1.48. The summed E-state index contributed by atoms with van der Waals surface area (Å²) in [5.41, 5.74) is 2.01. The Hall–Kier alpha value is -3.39. The van der Waals surface area contributed by atoms with E-state index >= 15 is 0 Å². The third-order valence-corrected chi connectivity index (χ3v) is 5.21. The number of rotatable bonds is 5. The number of non-ortho nitro benzene ring substituents is 1. The molecule has 0 saturated carbocycles. The van der Waals surface area contributed by atoms with Crippen molar-refractivity contribution >= 4 is 22.3 Å². The first-order valence-corrected chi connectivity index (χ1v) is 9.36. The maximum atomic E-state index is 12.0. The van der Waals surface area contributed by atoms with Crippen LogP contribution < -0.4 is 15.3 Å². The monoisotopic (exact) mass is 395 g/mol. The van der Waals surface area contributed by atoms with Crippen molar-refractivity contribution in [3.8, 4) is 5.75 Å². The van der Waals surface area contributed by atoms with Crippen molar-refractivity contribution in [2.75, 3.05) is 38.2 Å². The Labute approximate surface area is 167 Å². The van der Waals surface area contributed by atoms with Gasteiger partial charge in [-0.2, -0.15) is 0 Å². The molecule has 2 heterocycles. The number of fused-ring (bicyclic) bond motifs is 1. The molecule has 4 rings (SSSR count). The predicted octanol–water partition coefficient (Wildman–Crippen LogP) is 3.03. The van der Waals surface area contributed by atoms with Gasteiger partial charge in [0.25, 0.3) is 5.69 Å². The van der Waals surface area contributed by atoms with Gasteiger partial charge in [0.05, 0.1) is 12.0 Å². The minimum Gasteiger partial charge on any atom is -0.497 e. The number of benzene rings is 2.